The predicted molar refractivity (Wildman–Crippen MR) is 137 cm³/mol. The van der Waals surface area contributed by atoms with Crippen molar-refractivity contribution in [3.8, 4) is 16.9 Å². The molecule has 0 aliphatic carbocycles. The maximum Gasteiger partial charge on any atom is 0.143 e. The second-order valence-electron chi connectivity index (χ2n) is 7.81. The van der Waals surface area contributed by atoms with Gasteiger partial charge in [-0.2, -0.15) is 0 Å². The number of hydrogen-bond acceptors (Lipinski definition) is 4. The first-order chi connectivity index (χ1) is 16.4. The average Bonchev–Trinajstić information content (AvgIpc) is 2.85. The zero-order chi connectivity index (χ0) is 23.9. The number of benzene rings is 3. The Morgan fingerprint density at radius 1 is 0.794 bits per heavy atom. The Bertz CT molecular complexity index is 1510. The van der Waals surface area contributed by atoms with E-state index in [4.69, 9.17) is 34.8 Å². The van der Waals surface area contributed by atoms with E-state index in [2.05, 4.69) is 9.97 Å². The van der Waals surface area contributed by atoms with Gasteiger partial charge in [0.25, 0.3) is 0 Å². The Balaban J connectivity index is 1.79. The molecular weight excluding hydrogens is 491 g/mol. The lowest BCUT2D eigenvalue weighted by atomic mass is 9.80. The van der Waals surface area contributed by atoms with E-state index in [1.807, 2.05) is 30.3 Å². The Labute approximate surface area is 211 Å². The van der Waals surface area contributed by atoms with Gasteiger partial charge in [-0.05, 0) is 41.5 Å². The standard InChI is InChI=1S/C27H17Cl3N2O2/c28-22-14-19(33)9-10-21(22)27(34,18-7-4-12-31-15-18)17-8-11-23-20(13-17)25(29)24(26(30)32-23)16-5-2-1-3-6-16/h1-15,33-34H. The summed E-state index contributed by atoms with van der Waals surface area (Å²) in [4.78, 5) is 8.72. The van der Waals surface area contributed by atoms with Crippen LogP contribution >= 0.6 is 34.8 Å². The molecule has 0 aliphatic rings. The average molecular weight is 508 g/mol. The van der Waals surface area contributed by atoms with Crippen LogP contribution in [-0.4, -0.2) is 20.2 Å². The number of aromatic hydroxyl groups is 1. The van der Waals surface area contributed by atoms with Crippen LogP contribution in [0, 0.1) is 0 Å². The number of fused-ring (bicyclic) bond motifs is 1. The molecule has 2 N–H and O–H groups in total. The maximum absolute atomic E-state index is 12.2. The van der Waals surface area contributed by atoms with Crippen molar-refractivity contribution in [2.75, 3.05) is 0 Å². The highest BCUT2D eigenvalue weighted by Crippen LogP contribution is 2.44. The number of rotatable bonds is 4. The van der Waals surface area contributed by atoms with Gasteiger partial charge in [0, 0.05) is 34.5 Å². The van der Waals surface area contributed by atoms with E-state index in [-0.39, 0.29) is 10.8 Å². The molecule has 34 heavy (non-hydrogen) atoms. The first-order valence-electron chi connectivity index (χ1n) is 10.4. The van der Waals surface area contributed by atoms with E-state index >= 15 is 0 Å². The number of phenols is 1. The largest absolute Gasteiger partial charge is 0.508 e. The van der Waals surface area contributed by atoms with Crippen LogP contribution in [0.2, 0.25) is 15.2 Å². The van der Waals surface area contributed by atoms with E-state index in [0.717, 1.165) is 5.56 Å². The Morgan fingerprint density at radius 2 is 1.59 bits per heavy atom. The van der Waals surface area contributed by atoms with Crippen LogP contribution in [0.3, 0.4) is 0 Å². The first-order valence-corrected chi connectivity index (χ1v) is 11.5. The number of nitrogens with zero attached hydrogens (tertiary/aromatic N) is 2. The van der Waals surface area contributed by atoms with Crippen LogP contribution in [0.4, 0.5) is 0 Å². The predicted octanol–water partition coefficient (Wildman–Crippen LogP) is 7.25. The summed E-state index contributed by atoms with van der Waals surface area (Å²) >= 11 is 19.9. The fraction of sp³-hybridized carbons (Fsp3) is 0.0370. The van der Waals surface area contributed by atoms with E-state index in [0.29, 0.717) is 43.3 Å². The quantitative estimate of drug-likeness (QED) is 0.251. The van der Waals surface area contributed by atoms with Crippen molar-refractivity contribution >= 4 is 45.7 Å². The molecule has 5 rings (SSSR count). The summed E-state index contributed by atoms with van der Waals surface area (Å²) in [6.07, 6.45) is 3.20. The van der Waals surface area contributed by atoms with Crippen molar-refractivity contribution < 1.29 is 10.2 Å². The Kier molecular flexibility index (Phi) is 5.92. The van der Waals surface area contributed by atoms with Crippen molar-refractivity contribution in [1.82, 2.24) is 9.97 Å². The van der Waals surface area contributed by atoms with Gasteiger partial charge in [-0.1, -0.05) is 83.3 Å². The molecule has 0 fully saturated rings. The molecular formula is C27H17Cl3N2O2. The molecule has 0 spiro atoms. The minimum Gasteiger partial charge on any atom is -0.508 e. The lowest BCUT2D eigenvalue weighted by molar-refractivity contribution is 0.125. The molecule has 0 radical (unpaired) electrons. The summed E-state index contributed by atoms with van der Waals surface area (Å²) in [7, 11) is 0. The fourth-order valence-electron chi connectivity index (χ4n) is 4.12. The van der Waals surface area contributed by atoms with Gasteiger partial charge in [0.15, 0.2) is 0 Å². The first kappa shape index (κ1) is 22.6. The molecule has 7 heteroatoms. The van der Waals surface area contributed by atoms with Crippen molar-refractivity contribution in [2.45, 2.75) is 5.60 Å². The summed E-state index contributed by atoms with van der Waals surface area (Å²) in [6.45, 7) is 0. The molecule has 0 amide bonds. The molecule has 0 saturated heterocycles. The molecule has 1 unspecified atom stereocenters. The molecule has 0 aliphatic heterocycles. The van der Waals surface area contributed by atoms with E-state index in [9.17, 15) is 10.2 Å². The number of aliphatic hydroxyl groups is 1. The molecule has 2 heterocycles. The second kappa shape index (κ2) is 8.90. The summed E-state index contributed by atoms with van der Waals surface area (Å²) in [6, 6.07) is 22.8. The molecule has 0 bridgehead atoms. The summed E-state index contributed by atoms with van der Waals surface area (Å²) < 4.78 is 0. The normalized spacial score (nSPS) is 13.1. The minimum atomic E-state index is -1.68. The Morgan fingerprint density at radius 3 is 2.29 bits per heavy atom. The molecule has 2 aromatic heterocycles. The molecule has 168 valence electrons. The third kappa shape index (κ3) is 3.79. The van der Waals surface area contributed by atoms with Crippen LogP contribution in [0.25, 0.3) is 22.0 Å². The summed E-state index contributed by atoms with van der Waals surface area (Å²) in [5.41, 5.74) is 1.75. The van der Waals surface area contributed by atoms with Gasteiger partial charge >= 0.3 is 0 Å². The second-order valence-corrected chi connectivity index (χ2v) is 8.95. The van der Waals surface area contributed by atoms with Crippen molar-refractivity contribution in [3.63, 3.8) is 0 Å². The number of aromatic nitrogens is 2. The van der Waals surface area contributed by atoms with Crippen molar-refractivity contribution in [1.29, 1.82) is 0 Å². The monoisotopic (exact) mass is 506 g/mol. The number of pyridine rings is 2. The number of halogens is 3. The third-order valence-electron chi connectivity index (χ3n) is 5.78. The van der Waals surface area contributed by atoms with Crippen LogP contribution in [-0.2, 0) is 5.60 Å². The van der Waals surface area contributed by atoms with Gasteiger partial charge < -0.3 is 10.2 Å². The van der Waals surface area contributed by atoms with E-state index in [1.165, 1.54) is 12.1 Å². The topological polar surface area (TPSA) is 66.2 Å². The van der Waals surface area contributed by atoms with Gasteiger partial charge in [-0.15, -0.1) is 0 Å². The maximum atomic E-state index is 12.2. The van der Waals surface area contributed by atoms with Crippen LogP contribution < -0.4 is 0 Å². The summed E-state index contributed by atoms with van der Waals surface area (Å²) in [5, 5.41) is 23.6. The summed E-state index contributed by atoms with van der Waals surface area (Å²) in [5.74, 6) is -0.00446. The molecule has 3 aromatic carbocycles. The zero-order valence-electron chi connectivity index (χ0n) is 17.6. The van der Waals surface area contributed by atoms with Crippen LogP contribution in [0.1, 0.15) is 16.7 Å². The van der Waals surface area contributed by atoms with Gasteiger partial charge in [0.1, 0.15) is 16.5 Å². The lowest BCUT2D eigenvalue weighted by Crippen LogP contribution is -2.29. The number of hydrogen-bond donors (Lipinski definition) is 2. The van der Waals surface area contributed by atoms with E-state index in [1.54, 1.807) is 48.8 Å². The van der Waals surface area contributed by atoms with Gasteiger partial charge in [0.05, 0.1) is 15.6 Å². The van der Waals surface area contributed by atoms with Crippen LogP contribution in [0.15, 0.2) is 91.3 Å². The van der Waals surface area contributed by atoms with Crippen molar-refractivity contribution in [2.24, 2.45) is 0 Å². The smallest absolute Gasteiger partial charge is 0.143 e. The molecule has 5 aromatic rings. The number of phenolic OH excluding ortho intramolecular Hbond substituents is 1. The molecule has 1 atom stereocenters. The fourth-order valence-corrected chi connectivity index (χ4v) is 5.13. The third-order valence-corrected chi connectivity index (χ3v) is 6.76. The van der Waals surface area contributed by atoms with Crippen molar-refractivity contribution in [3.05, 3.63) is 123 Å². The SMILES string of the molecule is Oc1ccc(C(O)(c2cccnc2)c2ccc3nc(Cl)c(-c4ccccc4)c(Cl)c3c2)c(Cl)c1. The zero-order valence-corrected chi connectivity index (χ0v) is 19.9. The molecule has 4 nitrogen and oxygen atoms in total. The highest BCUT2D eigenvalue weighted by molar-refractivity contribution is 6.42. The minimum absolute atomic E-state index is 0.00446. The van der Waals surface area contributed by atoms with E-state index < -0.39 is 5.60 Å². The highest BCUT2D eigenvalue weighted by Gasteiger charge is 2.36. The molecule has 0 saturated carbocycles. The van der Waals surface area contributed by atoms with Gasteiger partial charge in [-0.25, -0.2) is 4.98 Å². The lowest BCUT2D eigenvalue weighted by Gasteiger charge is -2.31. The van der Waals surface area contributed by atoms with Gasteiger partial charge in [0.2, 0.25) is 0 Å². The van der Waals surface area contributed by atoms with Gasteiger partial charge in [-0.3, -0.25) is 4.98 Å². The van der Waals surface area contributed by atoms with Crippen LogP contribution in [0.5, 0.6) is 5.75 Å². The Hall–Kier alpha value is -3.15. The highest BCUT2D eigenvalue weighted by atomic mass is 35.5.